The Kier molecular flexibility index (Phi) is 4.68. The van der Waals surface area contributed by atoms with Crippen molar-refractivity contribution < 1.29 is 9.53 Å². The summed E-state index contributed by atoms with van der Waals surface area (Å²) in [5.74, 6) is 0.0665. The van der Waals surface area contributed by atoms with Crippen LogP contribution in [0.1, 0.15) is 16.1 Å². The molecule has 6 heteroatoms. The van der Waals surface area contributed by atoms with Crippen molar-refractivity contribution in [3.63, 3.8) is 0 Å². The number of fused-ring (bicyclic) bond motifs is 1. The Hall–Kier alpha value is -3.80. The molecule has 0 atom stereocenters. The number of carbonyl (C=O) groups is 1. The second kappa shape index (κ2) is 7.31. The van der Waals surface area contributed by atoms with E-state index in [0.717, 1.165) is 16.5 Å². The predicted octanol–water partition coefficient (Wildman–Crippen LogP) is 3.90. The van der Waals surface area contributed by atoms with Gasteiger partial charge in [0.25, 0.3) is 11.5 Å². The SMILES string of the molecule is COc1cc2ccccc2cc1C(=O)Nc1c(C)n(C)n(-c2ccccc2)c1=O. The van der Waals surface area contributed by atoms with Gasteiger partial charge in [-0.1, -0.05) is 42.5 Å². The van der Waals surface area contributed by atoms with E-state index in [2.05, 4.69) is 5.32 Å². The molecule has 4 rings (SSSR count). The minimum Gasteiger partial charge on any atom is -0.496 e. The Morgan fingerprint density at radius 3 is 2.24 bits per heavy atom. The second-order valence-electron chi connectivity index (χ2n) is 6.79. The van der Waals surface area contributed by atoms with Crippen molar-refractivity contribution in [1.29, 1.82) is 0 Å². The number of carbonyl (C=O) groups excluding carboxylic acids is 1. The number of benzene rings is 3. The zero-order valence-corrected chi connectivity index (χ0v) is 16.5. The van der Waals surface area contributed by atoms with E-state index < -0.39 is 5.91 Å². The highest BCUT2D eigenvalue weighted by atomic mass is 16.5. The molecule has 1 N–H and O–H groups in total. The Bertz CT molecular complexity index is 1270. The summed E-state index contributed by atoms with van der Waals surface area (Å²) in [4.78, 5) is 26.1. The van der Waals surface area contributed by atoms with E-state index in [1.54, 1.807) is 24.7 Å². The number of hydrogen-bond acceptors (Lipinski definition) is 3. The molecule has 29 heavy (non-hydrogen) atoms. The summed E-state index contributed by atoms with van der Waals surface area (Å²) in [7, 11) is 3.31. The van der Waals surface area contributed by atoms with Crippen LogP contribution in [0, 0.1) is 6.92 Å². The van der Waals surface area contributed by atoms with Crippen molar-refractivity contribution in [2.24, 2.45) is 7.05 Å². The van der Waals surface area contributed by atoms with Crippen LogP contribution in [0.2, 0.25) is 0 Å². The Morgan fingerprint density at radius 2 is 1.59 bits per heavy atom. The van der Waals surface area contributed by atoms with Crippen LogP contribution in [-0.2, 0) is 7.05 Å². The molecule has 4 aromatic rings. The third-order valence-electron chi connectivity index (χ3n) is 5.11. The number of ether oxygens (including phenoxy) is 1. The van der Waals surface area contributed by atoms with Crippen LogP contribution < -0.4 is 15.6 Å². The number of para-hydroxylation sites is 1. The van der Waals surface area contributed by atoms with Gasteiger partial charge in [0.1, 0.15) is 11.4 Å². The van der Waals surface area contributed by atoms with E-state index in [-0.39, 0.29) is 11.2 Å². The molecular formula is C23H21N3O3. The maximum absolute atomic E-state index is 13.1. The molecule has 0 aliphatic carbocycles. The molecule has 146 valence electrons. The van der Waals surface area contributed by atoms with Gasteiger partial charge in [0.15, 0.2) is 0 Å². The summed E-state index contributed by atoms with van der Waals surface area (Å²) in [5.41, 5.74) is 1.72. The fraction of sp³-hybridized carbons (Fsp3) is 0.130. The highest BCUT2D eigenvalue weighted by molar-refractivity contribution is 6.08. The van der Waals surface area contributed by atoms with E-state index in [4.69, 9.17) is 4.74 Å². The predicted molar refractivity (Wildman–Crippen MR) is 114 cm³/mol. The molecule has 1 aromatic heterocycles. The number of nitrogens with one attached hydrogen (secondary N) is 1. The molecule has 0 fully saturated rings. The van der Waals surface area contributed by atoms with Gasteiger partial charge in [0.05, 0.1) is 24.1 Å². The lowest BCUT2D eigenvalue weighted by molar-refractivity contribution is 0.102. The molecular weight excluding hydrogens is 366 g/mol. The number of anilines is 1. The summed E-state index contributed by atoms with van der Waals surface area (Å²) < 4.78 is 8.68. The molecule has 0 aliphatic rings. The lowest BCUT2D eigenvalue weighted by Crippen LogP contribution is -2.23. The van der Waals surface area contributed by atoms with Crippen molar-refractivity contribution in [3.8, 4) is 11.4 Å². The number of aromatic nitrogens is 2. The fourth-order valence-electron chi connectivity index (χ4n) is 3.46. The van der Waals surface area contributed by atoms with Gasteiger partial charge in [-0.3, -0.25) is 14.3 Å². The summed E-state index contributed by atoms with van der Waals surface area (Å²) in [6.07, 6.45) is 0. The zero-order valence-electron chi connectivity index (χ0n) is 16.5. The zero-order chi connectivity index (χ0) is 20.5. The molecule has 6 nitrogen and oxygen atoms in total. The minimum absolute atomic E-state index is 0.247. The summed E-state index contributed by atoms with van der Waals surface area (Å²) in [5, 5.41) is 4.69. The van der Waals surface area contributed by atoms with Gasteiger partial charge >= 0.3 is 0 Å². The van der Waals surface area contributed by atoms with Gasteiger partial charge in [-0.05, 0) is 42.0 Å². The average molecular weight is 387 g/mol. The van der Waals surface area contributed by atoms with Crippen LogP contribution in [0.5, 0.6) is 5.75 Å². The lowest BCUT2D eigenvalue weighted by Gasteiger charge is -2.10. The first-order chi connectivity index (χ1) is 14.0. The number of methoxy groups -OCH3 is 1. The van der Waals surface area contributed by atoms with Crippen LogP contribution in [-0.4, -0.2) is 22.4 Å². The Labute approximate surface area is 167 Å². The maximum Gasteiger partial charge on any atom is 0.295 e. The van der Waals surface area contributed by atoms with Gasteiger partial charge in [-0.2, -0.15) is 0 Å². The Balaban J connectivity index is 1.77. The first kappa shape index (κ1) is 18.6. The van der Waals surface area contributed by atoms with Crippen LogP contribution >= 0.6 is 0 Å². The summed E-state index contributed by atoms with van der Waals surface area (Å²) in [6, 6.07) is 20.6. The van der Waals surface area contributed by atoms with Crippen molar-refractivity contribution in [2.45, 2.75) is 6.92 Å². The summed E-state index contributed by atoms with van der Waals surface area (Å²) in [6.45, 7) is 1.80. The van der Waals surface area contributed by atoms with Crippen molar-refractivity contribution in [3.05, 3.63) is 88.3 Å². The summed E-state index contributed by atoms with van der Waals surface area (Å²) >= 11 is 0. The monoisotopic (exact) mass is 387 g/mol. The fourth-order valence-corrected chi connectivity index (χ4v) is 3.46. The molecule has 3 aromatic carbocycles. The molecule has 0 bridgehead atoms. The van der Waals surface area contributed by atoms with E-state index in [1.165, 1.54) is 11.8 Å². The van der Waals surface area contributed by atoms with Crippen molar-refractivity contribution in [1.82, 2.24) is 9.36 Å². The minimum atomic E-state index is -0.390. The average Bonchev–Trinajstić information content (AvgIpc) is 2.96. The molecule has 0 radical (unpaired) electrons. The van der Waals surface area contributed by atoms with E-state index in [0.29, 0.717) is 17.0 Å². The first-order valence-corrected chi connectivity index (χ1v) is 9.23. The molecule has 0 saturated heterocycles. The number of nitrogens with zero attached hydrogens (tertiary/aromatic N) is 2. The quantitative estimate of drug-likeness (QED) is 0.578. The van der Waals surface area contributed by atoms with E-state index >= 15 is 0 Å². The largest absolute Gasteiger partial charge is 0.496 e. The highest BCUT2D eigenvalue weighted by Gasteiger charge is 2.21. The van der Waals surface area contributed by atoms with E-state index in [9.17, 15) is 9.59 Å². The normalized spacial score (nSPS) is 10.9. The van der Waals surface area contributed by atoms with Crippen LogP contribution in [0.4, 0.5) is 5.69 Å². The smallest absolute Gasteiger partial charge is 0.295 e. The standard InChI is InChI=1S/C23H21N3O3/c1-15-21(23(28)26(25(15)2)18-11-5-4-6-12-18)24-22(27)19-13-16-9-7-8-10-17(16)14-20(19)29-3/h4-14H,1-3H3,(H,24,27). The molecule has 1 heterocycles. The van der Waals surface area contributed by atoms with Gasteiger partial charge in [-0.25, -0.2) is 4.68 Å². The van der Waals surface area contributed by atoms with Crippen molar-refractivity contribution >= 4 is 22.4 Å². The first-order valence-electron chi connectivity index (χ1n) is 9.23. The topological polar surface area (TPSA) is 65.3 Å². The third kappa shape index (κ3) is 3.18. The molecule has 0 saturated carbocycles. The van der Waals surface area contributed by atoms with Crippen molar-refractivity contribution in [2.75, 3.05) is 12.4 Å². The van der Waals surface area contributed by atoms with Crippen LogP contribution in [0.3, 0.4) is 0 Å². The second-order valence-corrected chi connectivity index (χ2v) is 6.79. The van der Waals surface area contributed by atoms with E-state index in [1.807, 2.05) is 60.7 Å². The van der Waals surface area contributed by atoms with Crippen LogP contribution in [0.25, 0.3) is 16.5 Å². The van der Waals surface area contributed by atoms with Gasteiger partial charge in [0, 0.05) is 7.05 Å². The Morgan fingerprint density at radius 1 is 0.966 bits per heavy atom. The lowest BCUT2D eigenvalue weighted by atomic mass is 10.1. The van der Waals surface area contributed by atoms with Gasteiger partial charge in [-0.15, -0.1) is 0 Å². The molecule has 0 unspecified atom stereocenters. The van der Waals surface area contributed by atoms with Gasteiger partial charge in [0.2, 0.25) is 0 Å². The molecule has 0 aliphatic heterocycles. The maximum atomic E-state index is 13.1. The molecule has 1 amide bonds. The molecule has 0 spiro atoms. The van der Waals surface area contributed by atoms with Gasteiger partial charge < -0.3 is 10.1 Å². The number of rotatable bonds is 4. The number of amides is 1. The van der Waals surface area contributed by atoms with Crippen LogP contribution in [0.15, 0.2) is 71.5 Å². The third-order valence-corrected chi connectivity index (χ3v) is 5.11. The number of hydrogen-bond donors (Lipinski definition) is 1. The highest BCUT2D eigenvalue weighted by Crippen LogP contribution is 2.27.